The summed E-state index contributed by atoms with van der Waals surface area (Å²) in [6, 6.07) is 20.7. The number of methoxy groups -OCH3 is 1. The molecule has 0 atom stereocenters. The van der Waals surface area contributed by atoms with Gasteiger partial charge in [0.15, 0.2) is 0 Å². The summed E-state index contributed by atoms with van der Waals surface area (Å²) in [5.41, 5.74) is 2.13. The molecule has 0 aliphatic rings. The minimum atomic E-state index is -0.399. The van der Waals surface area contributed by atoms with Crippen molar-refractivity contribution in [3.05, 3.63) is 83.9 Å². The third-order valence-electron chi connectivity index (χ3n) is 4.47. The maximum absolute atomic E-state index is 12.5. The van der Waals surface area contributed by atoms with Crippen LogP contribution >= 0.6 is 11.8 Å². The Morgan fingerprint density at radius 1 is 0.848 bits per heavy atom. The lowest BCUT2D eigenvalue weighted by Crippen LogP contribution is -2.14. The highest BCUT2D eigenvalue weighted by molar-refractivity contribution is 8.00. The Balaban J connectivity index is 1.53. The van der Waals surface area contributed by atoms with Crippen molar-refractivity contribution in [3.8, 4) is 5.75 Å². The zero-order valence-electron chi connectivity index (χ0n) is 18.3. The molecular formula is C25H24N2O5S. The van der Waals surface area contributed by atoms with E-state index in [0.717, 1.165) is 4.90 Å². The molecule has 3 aromatic carbocycles. The van der Waals surface area contributed by atoms with Crippen LogP contribution in [-0.4, -0.2) is 37.3 Å². The van der Waals surface area contributed by atoms with Crippen molar-refractivity contribution in [2.45, 2.75) is 11.8 Å². The number of anilines is 2. The minimum absolute atomic E-state index is 0.185. The molecule has 0 aromatic heterocycles. The van der Waals surface area contributed by atoms with Crippen LogP contribution in [0.25, 0.3) is 0 Å². The highest BCUT2D eigenvalue weighted by Gasteiger charge is 2.10. The van der Waals surface area contributed by atoms with Gasteiger partial charge in [-0.05, 0) is 67.6 Å². The van der Waals surface area contributed by atoms with E-state index in [9.17, 15) is 14.4 Å². The van der Waals surface area contributed by atoms with E-state index in [-0.39, 0.29) is 17.6 Å². The summed E-state index contributed by atoms with van der Waals surface area (Å²) in [6.45, 7) is 2.05. The Bertz CT molecular complexity index is 1130. The second-order valence-electron chi connectivity index (χ2n) is 6.85. The predicted molar refractivity (Wildman–Crippen MR) is 129 cm³/mol. The first-order chi connectivity index (χ1) is 16.0. The molecule has 3 aromatic rings. The lowest BCUT2D eigenvalue weighted by molar-refractivity contribution is -0.113. The summed E-state index contributed by atoms with van der Waals surface area (Å²) in [4.78, 5) is 37.3. The van der Waals surface area contributed by atoms with Crippen molar-refractivity contribution >= 4 is 40.9 Å². The minimum Gasteiger partial charge on any atom is -0.497 e. The first-order valence-corrected chi connectivity index (χ1v) is 11.2. The molecule has 0 aliphatic heterocycles. The fourth-order valence-electron chi connectivity index (χ4n) is 2.88. The topological polar surface area (TPSA) is 93.7 Å². The zero-order chi connectivity index (χ0) is 23.6. The number of hydrogen-bond donors (Lipinski definition) is 2. The molecular weight excluding hydrogens is 440 g/mol. The summed E-state index contributed by atoms with van der Waals surface area (Å²) in [5.74, 6) is -0.0417. The SMILES string of the molecule is CCOC(=O)c1ccc(NC(=O)CSc2cccc(NC(=O)c3cccc(OC)c3)c2)cc1. The molecule has 33 heavy (non-hydrogen) atoms. The number of ether oxygens (including phenoxy) is 2. The third-order valence-corrected chi connectivity index (χ3v) is 5.47. The van der Waals surface area contributed by atoms with Crippen molar-refractivity contribution in [2.75, 3.05) is 30.1 Å². The number of nitrogens with one attached hydrogen (secondary N) is 2. The van der Waals surface area contributed by atoms with Crippen LogP contribution in [0.2, 0.25) is 0 Å². The smallest absolute Gasteiger partial charge is 0.338 e. The van der Waals surface area contributed by atoms with E-state index in [1.807, 2.05) is 18.2 Å². The van der Waals surface area contributed by atoms with Gasteiger partial charge in [0, 0.05) is 21.8 Å². The van der Waals surface area contributed by atoms with Crippen LogP contribution in [0.4, 0.5) is 11.4 Å². The van der Waals surface area contributed by atoms with Crippen LogP contribution in [0.15, 0.2) is 77.7 Å². The van der Waals surface area contributed by atoms with Crippen LogP contribution in [0.3, 0.4) is 0 Å². The van der Waals surface area contributed by atoms with Crippen molar-refractivity contribution < 1.29 is 23.9 Å². The van der Waals surface area contributed by atoms with E-state index in [1.165, 1.54) is 11.8 Å². The summed E-state index contributed by atoms with van der Waals surface area (Å²) in [5, 5.41) is 5.65. The number of hydrogen-bond acceptors (Lipinski definition) is 6. The Morgan fingerprint density at radius 3 is 2.33 bits per heavy atom. The van der Waals surface area contributed by atoms with Gasteiger partial charge in [0.2, 0.25) is 5.91 Å². The molecule has 2 amide bonds. The number of esters is 1. The molecule has 0 saturated heterocycles. The van der Waals surface area contributed by atoms with E-state index < -0.39 is 5.97 Å². The summed E-state index contributed by atoms with van der Waals surface area (Å²) < 4.78 is 10.1. The van der Waals surface area contributed by atoms with E-state index in [1.54, 1.807) is 68.6 Å². The maximum Gasteiger partial charge on any atom is 0.338 e. The Kier molecular flexibility index (Phi) is 8.49. The predicted octanol–water partition coefficient (Wildman–Crippen LogP) is 4.86. The number of thioether (sulfide) groups is 1. The van der Waals surface area contributed by atoms with Crippen LogP contribution in [-0.2, 0) is 9.53 Å². The van der Waals surface area contributed by atoms with Gasteiger partial charge >= 0.3 is 5.97 Å². The molecule has 0 saturated carbocycles. The average molecular weight is 465 g/mol. The van der Waals surface area contributed by atoms with Gasteiger partial charge in [0.05, 0.1) is 25.0 Å². The molecule has 7 nitrogen and oxygen atoms in total. The molecule has 0 radical (unpaired) electrons. The second-order valence-corrected chi connectivity index (χ2v) is 7.90. The van der Waals surface area contributed by atoms with Gasteiger partial charge in [-0.15, -0.1) is 11.8 Å². The Morgan fingerprint density at radius 2 is 1.61 bits per heavy atom. The molecule has 8 heteroatoms. The molecule has 0 fully saturated rings. The van der Waals surface area contributed by atoms with E-state index in [4.69, 9.17) is 9.47 Å². The van der Waals surface area contributed by atoms with Gasteiger partial charge in [0.25, 0.3) is 5.91 Å². The number of rotatable bonds is 9. The highest BCUT2D eigenvalue weighted by Crippen LogP contribution is 2.23. The van der Waals surface area contributed by atoms with Crippen LogP contribution in [0.5, 0.6) is 5.75 Å². The summed E-state index contributed by atoms with van der Waals surface area (Å²) in [6.07, 6.45) is 0. The van der Waals surface area contributed by atoms with Gasteiger partial charge < -0.3 is 20.1 Å². The fraction of sp³-hybridized carbons (Fsp3) is 0.160. The van der Waals surface area contributed by atoms with Crippen LogP contribution in [0.1, 0.15) is 27.6 Å². The van der Waals surface area contributed by atoms with E-state index in [2.05, 4.69) is 10.6 Å². The Hall–Kier alpha value is -3.78. The van der Waals surface area contributed by atoms with Gasteiger partial charge in [-0.2, -0.15) is 0 Å². The normalized spacial score (nSPS) is 10.2. The van der Waals surface area contributed by atoms with Crippen molar-refractivity contribution in [2.24, 2.45) is 0 Å². The van der Waals surface area contributed by atoms with Gasteiger partial charge in [0.1, 0.15) is 5.75 Å². The molecule has 0 bridgehead atoms. The summed E-state index contributed by atoms with van der Waals surface area (Å²) >= 11 is 1.35. The van der Waals surface area contributed by atoms with Crippen LogP contribution < -0.4 is 15.4 Å². The zero-order valence-corrected chi connectivity index (χ0v) is 19.1. The molecule has 170 valence electrons. The van der Waals surface area contributed by atoms with E-state index >= 15 is 0 Å². The lowest BCUT2D eigenvalue weighted by Gasteiger charge is -2.09. The van der Waals surface area contributed by atoms with Gasteiger partial charge in [-0.3, -0.25) is 9.59 Å². The third kappa shape index (κ3) is 7.11. The number of carbonyl (C=O) groups excluding carboxylic acids is 3. The van der Waals surface area contributed by atoms with Gasteiger partial charge in [-0.25, -0.2) is 4.79 Å². The highest BCUT2D eigenvalue weighted by atomic mass is 32.2. The van der Waals surface area contributed by atoms with Gasteiger partial charge in [-0.1, -0.05) is 12.1 Å². The number of amides is 2. The lowest BCUT2D eigenvalue weighted by atomic mass is 10.2. The molecule has 3 rings (SSSR count). The molecule has 0 unspecified atom stereocenters. The second kappa shape index (κ2) is 11.7. The Labute approximate surface area is 196 Å². The number of carbonyl (C=O) groups is 3. The van der Waals surface area contributed by atoms with Crippen LogP contribution in [0, 0.1) is 0 Å². The maximum atomic E-state index is 12.5. The number of benzene rings is 3. The first kappa shape index (κ1) is 23.9. The molecule has 2 N–H and O–H groups in total. The van der Waals surface area contributed by atoms with Crippen molar-refractivity contribution in [1.29, 1.82) is 0 Å². The quantitative estimate of drug-likeness (QED) is 0.347. The average Bonchev–Trinajstić information content (AvgIpc) is 2.83. The first-order valence-electron chi connectivity index (χ1n) is 10.2. The molecule has 0 aliphatic carbocycles. The van der Waals surface area contributed by atoms with Crippen molar-refractivity contribution in [1.82, 2.24) is 0 Å². The fourth-order valence-corrected chi connectivity index (χ4v) is 3.64. The van der Waals surface area contributed by atoms with Crippen molar-refractivity contribution in [3.63, 3.8) is 0 Å². The monoisotopic (exact) mass is 464 g/mol. The standard InChI is InChI=1S/C25H24N2O5S/c1-3-32-25(30)17-10-12-19(13-11-17)26-23(28)16-33-22-9-5-7-20(15-22)27-24(29)18-6-4-8-21(14-18)31-2/h4-15H,3,16H2,1-2H3,(H,26,28)(H,27,29). The van der Waals surface area contributed by atoms with E-state index in [0.29, 0.717) is 34.9 Å². The molecule has 0 heterocycles. The molecule has 0 spiro atoms. The largest absolute Gasteiger partial charge is 0.497 e. The summed E-state index contributed by atoms with van der Waals surface area (Å²) in [7, 11) is 1.55.